The van der Waals surface area contributed by atoms with Gasteiger partial charge in [0.15, 0.2) is 11.6 Å². The Balaban J connectivity index is 2.28. The lowest BCUT2D eigenvalue weighted by Crippen LogP contribution is -2.15. The Morgan fingerprint density at radius 1 is 1.50 bits per heavy atom. The molecule has 1 heterocycles. The van der Waals surface area contributed by atoms with E-state index in [0.29, 0.717) is 18.2 Å². The first-order chi connectivity index (χ1) is 6.70. The summed E-state index contributed by atoms with van der Waals surface area (Å²) in [7, 11) is 4.08. The van der Waals surface area contributed by atoms with Crippen LogP contribution < -0.4 is 10.5 Å². The zero-order chi connectivity index (χ0) is 10.4. The van der Waals surface area contributed by atoms with Crippen molar-refractivity contribution in [2.75, 3.05) is 33.0 Å². The molecule has 0 aliphatic rings. The lowest BCUT2D eigenvalue weighted by molar-refractivity contribution is 0.282. The molecule has 0 aliphatic carbocycles. The minimum atomic E-state index is 0.456. The quantitative estimate of drug-likeness (QED) is 0.712. The maximum Gasteiger partial charge on any atom is 0.166 e. The molecular weight excluding hydrogens is 178 g/mol. The van der Waals surface area contributed by atoms with Crippen LogP contribution in [0.2, 0.25) is 0 Å². The highest BCUT2D eigenvalue weighted by Crippen LogP contribution is 2.16. The van der Waals surface area contributed by atoms with Gasteiger partial charge in [0, 0.05) is 12.7 Å². The number of rotatable bonds is 5. The molecular formula is C10H17N3O. The van der Waals surface area contributed by atoms with Crippen molar-refractivity contribution >= 4 is 5.82 Å². The Labute approximate surface area is 84.7 Å². The smallest absolute Gasteiger partial charge is 0.166 e. The van der Waals surface area contributed by atoms with Crippen molar-refractivity contribution in [3.8, 4) is 5.75 Å². The number of ether oxygens (including phenoxy) is 1. The first-order valence-electron chi connectivity index (χ1n) is 4.68. The molecule has 78 valence electrons. The molecule has 0 saturated carbocycles. The molecule has 0 bridgehead atoms. The van der Waals surface area contributed by atoms with Crippen molar-refractivity contribution in [1.29, 1.82) is 0 Å². The predicted molar refractivity (Wildman–Crippen MR) is 57.3 cm³/mol. The monoisotopic (exact) mass is 195 g/mol. The minimum absolute atomic E-state index is 0.456. The summed E-state index contributed by atoms with van der Waals surface area (Å²) in [6.07, 6.45) is 2.64. The first-order valence-corrected chi connectivity index (χ1v) is 4.68. The summed E-state index contributed by atoms with van der Waals surface area (Å²) in [6, 6.07) is 3.65. The largest absolute Gasteiger partial charge is 0.490 e. The molecule has 1 aromatic rings. The van der Waals surface area contributed by atoms with Gasteiger partial charge < -0.3 is 15.4 Å². The van der Waals surface area contributed by atoms with Crippen LogP contribution in [0.4, 0.5) is 5.82 Å². The third-order valence-electron chi connectivity index (χ3n) is 1.81. The van der Waals surface area contributed by atoms with Gasteiger partial charge in [-0.15, -0.1) is 0 Å². The van der Waals surface area contributed by atoms with Crippen molar-refractivity contribution < 1.29 is 4.74 Å². The van der Waals surface area contributed by atoms with Crippen molar-refractivity contribution in [2.24, 2.45) is 0 Å². The van der Waals surface area contributed by atoms with Crippen LogP contribution in [0.5, 0.6) is 5.75 Å². The van der Waals surface area contributed by atoms with E-state index >= 15 is 0 Å². The van der Waals surface area contributed by atoms with Gasteiger partial charge in [0.1, 0.15) is 0 Å². The fourth-order valence-corrected chi connectivity index (χ4v) is 1.09. The predicted octanol–water partition coefficient (Wildman–Crippen LogP) is 0.994. The number of nitrogens with two attached hydrogens (primary N) is 1. The molecule has 0 aliphatic heterocycles. The molecule has 0 saturated heterocycles. The highest BCUT2D eigenvalue weighted by Gasteiger charge is 1.99. The summed E-state index contributed by atoms with van der Waals surface area (Å²) in [4.78, 5) is 6.06. The van der Waals surface area contributed by atoms with E-state index in [-0.39, 0.29) is 0 Å². The van der Waals surface area contributed by atoms with Crippen molar-refractivity contribution in [3.63, 3.8) is 0 Å². The van der Waals surface area contributed by atoms with E-state index in [4.69, 9.17) is 10.5 Å². The molecule has 0 fully saturated rings. The second-order valence-electron chi connectivity index (χ2n) is 3.39. The summed E-state index contributed by atoms with van der Waals surface area (Å²) in [5.41, 5.74) is 5.62. The molecule has 14 heavy (non-hydrogen) atoms. The number of pyridine rings is 1. The van der Waals surface area contributed by atoms with Crippen LogP contribution in [0.15, 0.2) is 18.3 Å². The second-order valence-corrected chi connectivity index (χ2v) is 3.39. The van der Waals surface area contributed by atoms with E-state index in [1.807, 2.05) is 26.2 Å². The first kappa shape index (κ1) is 10.8. The third-order valence-corrected chi connectivity index (χ3v) is 1.81. The van der Waals surface area contributed by atoms with Crippen LogP contribution in [0.25, 0.3) is 0 Å². The number of aromatic nitrogens is 1. The van der Waals surface area contributed by atoms with Crippen LogP contribution in [-0.4, -0.2) is 37.1 Å². The van der Waals surface area contributed by atoms with Gasteiger partial charge in [-0.3, -0.25) is 0 Å². The zero-order valence-electron chi connectivity index (χ0n) is 8.73. The fourth-order valence-electron chi connectivity index (χ4n) is 1.09. The molecule has 4 heteroatoms. The van der Waals surface area contributed by atoms with Crippen LogP contribution >= 0.6 is 0 Å². The van der Waals surface area contributed by atoms with E-state index in [0.717, 1.165) is 13.0 Å². The number of hydrogen-bond donors (Lipinski definition) is 1. The Morgan fingerprint density at radius 3 is 2.93 bits per heavy atom. The Kier molecular flexibility index (Phi) is 4.19. The van der Waals surface area contributed by atoms with Crippen LogP contribution in [0, 0.1) is 0 Å². The van der Waals surface area contributed by atoms with Gasteiger partial charge >= 0.3 is 0 Å². The molecule has 0 atom stereocenters. The van der Waals surface area contributed by atoms with Crippen molar-refractivity contribution in [2.45, 2.75) is 6.42 Å². The number of anilines is 1. The highest BCUT2D eigenvalue weighted by atomic mass is 16.5. The topological polar surface area (TPSA) is 51.4 Å². The third kappa shape index (κ3) is 3.62. The summed E-state index contributed by atoms with van der Waals surface area (Å²) in [6.45, 7) is 1.69. The summed E-state index contributed by atoms with van der Waals surface area (Å²) < 4.78 is 5.47. The molecule has 0 unspecified atom stereocenters. The second kappa shape index (κ2) is 5.44. The summed E-state index contributed by atoms with van der Waals surface area (Å²) in [5, 5.41) is 0. The maximum atomic E-state index is 5.62. The van der Waals surface area contributed by atoms with Gasteiger partial charge in [-0.1, -0.05) is 0 Å². The molecule has 0 radical (unpaired) electrons. The standard InChI is InChI=1S/C10H17N3O/c1-13(2)7-4-8-14-9-5-3-6-12-10(9)11/h3,5-6H,4,7-8H2,1-2H3,(H2,11,12). The van der Waals surface area contributed by atoms with E-state index in [9.17, 15) is 0 Å². The molecule has 1 rings (SSSR count). The minimum Gasteiger partial charge on any atom is -0.490 e. The van der Waals surface area contributed by atoms with Crippen LogP contribution in [-0.2, 0) is 0 Å². The van der Waals surface area contributed by atoms with Gasteiger partial charge in [0.2, 0.25) is 0 Å². The fraction of sp³-hybridized carbons (Fsp3) is 0.500. The number of hydrogen-bond acceptors (Lipinski definition) is 4. The van der Waals surface area contributed by atoms with Gasteiger partial charge in [-0.25, -0.2) is 4.98 Å². The average Bonchev–Trinajstić information content (AvgIpc) is 2.15. The lowest BCUT2D eigenvalue weighted by atomic mass is 10.4. The van der Waals surface area contributed by atoms with Crippen LogP contribution in [0.3, 0.4) is 0 Å². The molecule has 0 amide bonds. The van der Waals surface area contributed by atoms with E-state index in [1.165, 1.54) is 0 Å². The maximum absolute atomic E-state index is 5.62. The normalized spacial score (nSPS) is 10.5. The lowest BCUT2D eigenvalue weighted by Gasteiger charge is -2.10. The van der Waals surface area contributed by atoms with Gasteiger partial charge in [0.05, 0.1) is 6.61 Å². The highest BCUT2D eigenvalue weighted by molar-refractivity contribution is 5.44. The number of nitrogen functional groups attached to an aromatic ring is 1. The van der Waals surface area contributed by atoms with Crippen molar-refractivity contribution in [3.05, 3.63) is 18.3 Å². The number of nitrogens with zero attached hydrogens (tertiary/aromatic N) is 2. The van der Waals surface area contributed by atoms with E-state index in [1.54, 1.807) is 6.20 Å². The zero-order valence-corrected chi connectivity index (χ0v) is 8.73. The molecule has 1 aromatic heterocycles. The molecule has 0 spiro atoms. The Hall–Kier alpha value is -1.29. The molecule has 2 N–H and O–H groups in total. The van der Waals surface area contributed by atoms with Gasteiger partial charge in [-0.05, 0) is 32.6 Å². The van der Waals surface area contributed by atoms with Gasteiger partial charge in [-0.2, -0.15) is 0 Å². The Morgan fingerprint density at radius 2 is 2.29 bits per heavy atom. The molecule has 0 aromatic carbocycles. The summed E-state index contributed by atoms with van der Waals surface area (Å²) in [5.74, 6) is 1.13. The SMILES string of the molecule is CN(C)CCCOc1cccnc1N. The van der Waals surface area contributed by atoms with Crippen molar-refractivity contribution in [1.82, 2.24) is 9.88 Å². The molecule has 4 nitrogen and oxygen atoms in total. The average molecular weight is 195 g/mol. The van der Waals surface area contributed by atoms with Gasteiger partial charge in [0.25, 0.3) is 0 Å². The van der Waals surface area contributed by atoms with E-state index in [2.05, 4.69) is 9.88 Å². The summed E-state index contributed by atoms with van der Waals surface area (Å²) >= 11 is 0. The van der Waals surface area contributed by atoms with E-state index < -0.39 is 0 Å². The van der Waals surface area contributed by atoms with Crippen LogP contribution in [0.1, 0.15) is 6.42 Å². The Bertz CT molecular complexity index is 276.